The first kappa shape index (κ1) is 18.4. The van der Waals surface area contributed by atoms with Crippen LogP contribution in [-0.2, 0) is 21.4 Å². The molecule has 2 aromatic rings. The summed E-state index contributed by atoms with van der Waals surface area (Å²) in [6.45, 7) is 1.91. The zero-order valence-electron chi connectivity index (χ0n) is 13.5. The minimum atomic E-state index is -3.69. The maximum atomic E-state index is 12.4. The first-order valence-electron chi connectivity index (χ1n) is 7.33. The number of sulfonamides is 1. The van der Waals surface area contributed by atoms with Gasteiger partial charge in [-0.1, -0.05) is 41.4 Å². The molecule has 1 N–H and O–H groups in total. The van der Waals surface area contributed by atoms with Crippen molar-refractivity contribution < 1.29 is 13.2 Å². The van der Waals surface area contributed by atoms with E-state index < -0.39 is 10.0 Å². The van der Waals surface area contributed by atoms with Gasteiger partial charge >= 0.3 is 0 Å². The van der Waals surface area contributed by atoms with Crippen molar-refractivity contribution in [3.8, 4) is 0 Å². The van der Waals surface area contributed by atoms with Gasteiger partial charge in [0.05, 0.1) is 11.4 Å². The third-order valence-corrected chi connectivity index (χ3v) is 5.53. The van der Waals surface area contributed by atoms with Crippen LogP contribution in [-0.4, -0.2) is 32.2 Å². The Morgan fingerprint density at radius 2 is 1.83 bits per heavy atom. The van der Waals surface area contributed by atoms with Gasteiger partial charge in [0, 0.05) is 18.6 Å². The molecule has 0 bridgehead atoms. The lowest BCUT2D eigenvalue weighted by Gasteiger charge is -2.17. The first-order chi connectivity index (χ1) is 11.3. The molecule has 0 heterocycles. The standard InChI is InChI=1S/C17H19ClN2O3S/c1-13-6-8-16(9-7-13)24(22,23)20(2)12-17(21)19-11-14-4-3-5-15(18)10-14/h3-10H,11-12H2,1-2H3,(H,19,21). The normalized spacial score (nSPS) is 11.5. The fourth-order valence-corrected chi connectivity index (χ4v) is 3.42. The van der Waals surface area contributed by atoms with Crippen LogP contribution in [0.2, 0.25) is 5.02 Å². The first-order valence-corrected chi connectivity index (χ1v) is 9.15. The van der Waals surface area contributed by atoms with Crippen molar-refractivity contribution in [2.24, 2.45) is 0 Å². The number of halogens is 1. The predicted molar refractivity (Wildman–Crippen MR) is 94.3 cm³/mol. The fourth-order valence-electron chi connectivity index (χ4n) is 2.08. The summed E-state index contributed by atoms with van der Waals surface area (Å²) in [4.78, 5) is 12.2. The Morgan fingerprint density at radius 1 is 1.17 bits per heavy atom. The summed E-state index contributed by atoms with van der Waals surface area (Å²) >= 11 is 5.88. The lowest BCUT2D eigenvalue weighted by molar-refractivity contribution is -0.121. The van der Waals surface area contributed by atoms with Crippen LogP contribution in [0.25, 0.3) is 0 Å². The summed E-state index contributed by atoms with van der Waals surface area (Å²) in [5.74, 6) is -0.381. The van der Waals surface area contributed by atoms with Crippen molar-refractivity contribution in [1.82, 2.24) is 9.62 Å². The number of nitrogens with zero attached hydrogens (tertiary/aromatic N) is 1. The van der Waals surface area contributed by atoms with E-state index in [4.69, 9.17) is 11.6 Å². The molecule has 5 nitrogen and oxygen atoms in total. The molecular formula is C17H19ClN2O3S. The minimum Gasteiger partial charge on any atom is -0.351 e. The SMILES string of the molecule is Cc1ccc(S(=O)(=O)N(C)CC(=O)NCc2cccc(Cl)c2)cc1. The Kier molecular flexibility index (Phi) is 5.99. The molecule has 0 aliphatic rings. The van der Waals surface area contributed by atoms with Crippen molar-refractivity contribution >= 4 is 27.5 Å². The molecule has 0 radical (unpaired) electrons. The molecule has 0 unspecified atom stereocenters. The molecule has 2 rings (SSSR count). The molecule has 128 valence electrons. The van der Waals surface area contributed by atoms with Crippen LogP contribution in [0.5, 0.6) is 0 Å². The van der Waals surface area contributed by atoms with Crippen LogP contribution in [0.4, 0.5) is 0 Å². The van der Waals surface area contributed by atoms with Gasteiger partial charge in [-0.25, -0.2) is 8.42 Å². The number of benzene rings is 2. The monoisotopic (exact) mass is 366 g/mol. The van der Waals surface area contributed by atoms with E-state index in [-0.39, 0.29) is 23.9 Å². The zero-order valence-corrected chi connectivity index (χ0v) is 15.1. The molecule has 0 spiro atoms. The summed E-state index contributed by atoms with van der Waals surface area (Å²) in [6, 6.07) is 13.6. The fraction of sp³-hybridized carbons (Fsp3) is 0.235. The van der Waals surface area contributed by atoms with Gasteiger partial charge in [0.25, 0.3) is 0 Å². The van der Waals surface area contributed by atoms with E-state index in [2.05, 4.69) is 5.32 Å². The van der Waals surface area contributed by atoms with Gasteiger partial charge in [-0.05, 0) is 36.8 Å². The topological polar surface area (TPSA) is 66.5 Å². The number of rotatable bonds is 6. The van der Waals surface area contributed by atoms with Gasteiger partial charge in [0.1, 0.15) is 0 Å². The molecule has 1 amide bonds. The number of likely N-dealkylation sites (N-methyl/N-ethyl adjacent to an activating group) is 1. The van der Waals surface area contributed by atoms with Crippen molar-refractivity contribution in [1.29, 1.82) is 0 Å². The highest BCUT2D eigenvalue weighted by Gasteiger charge is 2.22. The lowest BCUT2D eigenvalue weighted by atomic mass is 10.2. The Bertz CT molecular complexity index is 820. The van der Waals surface area contributed by atoms with E-state index in [1.54, 1.807) is 30.3 Å². The molecule has 2 aromatic carbocycles. The molecule has 0 aliphatic carbocycles. The van der Waals surface area contributed by atoms with E-state index in [1.165, 1.54) is 19.2 Å². The van der Waals surface area contributed by atoms with Gasteiger partial charge in [0.15, 0.2) is 0 Å². The second kappa shape index (κ2) is 7.79. The number of carbonyl (C=O) groups excluding carboxylic acids is 1. The maximum absolute atomic E-state index is 12.4. The molecular weight excluding hydrogens is 348 g/mol. The summed E-state index contributed by atoms with van der Waals surface area (Å²) in [7, 11) is -2.31. The van der Waals surface area contributed by atoms with E-state index in [9.17, 15) is 13.2 Å². The smallest absolute Gasteiger partial charge is 0.243 e. The summed E-state index contributed by atoms with van der Waals surface area (Å²) in [6.07, 6.45) is 0. The van der Waals surface area contributed by atoms with Crippen molar-refractivity contribution in [3.63, 3.8) is 0 Å². The van der Waals surface area contributed by atoms with Gasteiger partial charge in [0.2, 0.25) is 15.9 Å². The maximum Gasteiger partial charge on any atom is 0.243 e. The molecule has 0 aliphatic heterocycles. The van der Waals surface area contributed by atoms with Crippen LogP contribution in [0.3, 0.4) is 0 Å². The van der Waals surface area contributed by atoms with Crippen molar-refractivity contribution in [3.05, 3.63) is 64.7 Å². The number of nitrogens with one attached hydrogen (secondary N) is 1. The summed E-state index contributed by atoms with van der Waals surface area (Å²) < 4.78 is 25.9. The van der Waals surface area contributed by atoms with E-state index in [0.29, 0.717) is 5.02 Å². The van der Waals surface area contributed by atoms with Gasteiger partial charge < -0.3 is 5.32 Å². The lowest BCUT2D eigenvalue weighted by Crippen LogP contribution is -2.38. The molecule has 0 fully saturated rings. The molecule has 7 heteroatoms. The van der Waals surface area contributed by atoms with Crippen LogP contribution < -0.4 is 5.32 Å². The zero-order chi connectivity index (χ0) is 17.7. The van der Waals surface area contributed by atoms with Crippen LogP contribution in [0.15, 0.2) is 53.4 Å². The Hall–Kier alpha value is -1.89. The highest BCUT2D eigenvalue weighted by atomic mass is 35.5. The quantitative estimate of drug-likeness (QED) is 0.854. The van der Waals surface area contributed by atoms with Gasteiger partial charge in [-0.3, -0.25) is 4.79 Å². The molecule has 0 saturated carbocycles. The predicted octanol–water partition coefficient (Wildman–Crippen LogP) is 2.59. The molecule has 0 saturated heterocycles. The molecule has 24 heavy (non-hydrogen) atoms. The van der Waals surface area contributed by atoms with Gasteiger partial charge in [-0.15, -0.1) is 0 Å². The Morgan fingerprint density at radius 3 is 2.46 bits per heavy atom. The molecule has 0 atom stereocenters. The van der Waals surface area contributed by atoms with Crippen LogP contribution in [0.1, 0.15) is 11.1 Å². The van der Waals surface area contributed by atoms with Crippen LogP contribution in [0, 0.1) is 6.92 Å². The number of hydrogen-bond donors (Lipinski definition) is 1. The summed E-state index contributed by atoms with van der Waals surface area (Å²) in [5, 5.41) is 3.27. The minimum absolute atomic E-state index is 0.165. The van der Waals surface area contributed by atoms with Crippen molar-refractivity contribution in [2.75, 3.05) is 13.6 Å². The van der Waals surface area contributed by atoms with Gasteiger partial charge in [-0.2, -0.15) is 4.31 Å². The highest BCUT2D eigenvalue weighted by Crippen LogP contribution is 2.15. The van der Waals surface area contributed by atoms with E-state index in [0.717, 1.165) is 15.4 Å². The largest absolute Gasteiger partial charge is 0.351 e. The van der Waals surface area contributed by atoms with Crippen LogP contribution >= 0.6 is 11.6 Å². The Labute approximate surface area is 147 Å². The second-order valence-electron chi connectivity index (χ2n) is 5.48. The summed E-state index contributed by atoms with van der Waals surface area (Å²) in [5.41, 5.74) is 1.82. The number of carbonyl (C=O) groups is 1. The number of hydrogen-bond acceptors (Lipinski definition) is 3. The second-order valence-corrected chi connectivity index (χ2v) is 7.96. The Balaban J connectivity index is 1.96. The van der Waals surface area contributed by atoms with E-state index >= 15 is 0 Å². The average molecular weight is 367 g/mol. The van der Waals surface area contributed by atoms with Crippen molar-refractivity contribution in [2.45, 2.75) is 18.4 Å². The highest BCUT2D eigenvalue weighted by molar-refractivity contribution is 7.89. The third-order valence-electron chi connectivity index (χ3n) is 3.47. The number of aryl methyl sites for hydroxylation is 1. The van der Waals surface area contributed by atoms with E-state index in [1.807, 2.05) is 13.0 Å². The average Bonchev–Trinajstić information content (AvgIpc) is 2.53. The molecule has 0 aromatic heterocycles. The number of amides is 1. The third kappa shape index (κ3) is 4.80.